The Morgan fingerprint density at radius 3 is 2.77 bits per heavy atom. The Morgan fingerprint density at radius 1 is 1.40 bits per heavy atom. The zero-order chi connectivity index (χ0) is 21.8. The normalized spacial score (nSPS) is 19.0. The zero-order valence-electron chi connectivity index (χ0n) is 17.3. The Kier molecular flexibility index (Phi) is 7.35. The van der Waals surface area contributed by atoms with Crippen LogP contribution >= 0.6 is 22.9 Å². The van der Waals surface area contributed by atoms with Crippen molar-refractivity contribution >= 4 is 39.9 Å². The van der Waals surface area contributed by atoms with Crippen LogP contribution in [0.25, 0.3) is 0 Å². The Morgan fingerprint density at radius 2 is 2.17 bits per heavy atom. The number of halogens is 1. The quantitative estimate of drug-likeness (QED) is 0.616. The van der Waals surface area contributed by atoms with Gasteiger partial charge in [0.05, 0.1) is 36.6 Å². The number of aromatic amines is 1. The molecule has 1 aliphatic rings. The van der Waals surface area contributed by atoms with E-state index in [-0.39, 0.29) is 24.7 Å². The van der Waals surface area contributed by atoms with E-state index in [1.807, 2.05) is 11.8 Å². The molecule has 3 rings (SSSR count). The predicted molar refractivity (Wildman–Crippen MR) is 114 cm³/mol. The maximum atomic E-state index is 12.6. The van der Waals surface area contributed by atoms with Crippen molar-refractivity contribution in [2.45, 2.75) is 32.1 Å². The first-order chi connectivity index (χ1) is 14.4. The number of carbonyl (C=O) groups is 2. The molecule has 3 heterocycles. The van der Waals surface area contributed by atoms with Gasteiger partial charge in [-0.3, -0.25) is 4.79 Å². The van der Waals surface area contributed by atoms with Gasteiger partial charge in [-0.25, -0.2) is 9.78 Å². The summed E-state index contributed by atoms with van der Waals surface area (Å²) in [6.07, 6.45) is 0.412. The van der Waals surface area contributed by atoms with Crippen LogP contribution < -0.4 is 10.2 Å². The summed E-state index contributed by atoms with van der Waals surface area (Å²) in [6, 6.07) is 1.45. The summed E-state index contributed by atoms with van der Waals surface area (Å²) in [5.74, 6) is -0.661. The molecule has 2 atom stereocenters. The van der Waals surface area contributed by atoms with Crippen molar-refractivity contribution in [2.24, 2.45) is 0 Å². The number of aromatic nitrogens is 2. The minimum Gasteiger partial charge on any atom is -0.465 e. The van der Waals surface area contributed by atoms with Gasteiger partial charge in [0.2, 0.25) is 0 Å². The number of rotatable bonds is 7. The third-order valence-electron chi connectivity index (χ3n) is 4.98. The van der Waals surface area contributed by atoms with Gasteiger partial charge in [0.1, 0.15) is 10.6 Å². The monoisotopic (exact) mass is 456 g/mol. The molecular weight excluding hydrogens is 432 g/mol. The van der Waals surface area contributed by atoms with E-state index in [9.17, 15) is 9.59 Å². The van der Waals surface area contributed by atoms with Crippen molar-refractivity contribution in [3.8, 4) is 0 Å². The van der Waals surface area contributed by atoms with Gasteiger partial charge in [-0.05, 0) is 19.4 Å². The molecule has 2 aromatic heterocycles. The van der Waals surface area contributed by atoms with Crippen LogP contribution in [0.4, 0.5) is 5.13 Å². The molecule has 1 aliphatic heterocycles. The molecule has 0 saturated carbocycles. The van der Waals surface area contributed by atoms with E-state index in [4.69, 9.17) is 25.8 Å². The molecule has 2 N–H and O–H groups in total. The first kappa shape index (κ1) is 22.5. The lowest BCUT2D eigenvalue weighted by atomic mass is 10.0. The van der Waals surface area contributed by atoms with Crippen LogP contribution in [0.15, 0.2) is 6.07 Å². The van der Waals surface area contributed by atoms with E-state index in [0.29, 0.717) is 45.9 Å². The Balaban J connectivity index is 1.71. The minimum absolute atomic E-state index is 0.167. The molecule has 0 unspecified atom stereocenters. The molecule has 11 heteroatoms. The number of esters is 1. The number of nitrogens with one attached hydrogen (secondary N) is 2. The number of methoxy groups -OCH3 is 3. The molecule has 1 amide bonds. The first-order valence-corrected chi connectivity index (χ1v) is 10.6. The first-order valence-electron chi connectivity index (χ1n) is 9.38. The van der Waals surface area contributed by atoms with Gasteiger partial charge in [0.25, 0.3) is 5.91 Å². The topological polar surface area (TPSA) is 106 Å². The van der Waals surface area contributed by atoms with Gasteiger partial charge >= 0.3 is 5.97 Å². The maximum absolute atomic E-state index is 12.6. The Bertz CT molecular complexity index is 895. The van der Waals surface area contributed by atoms with Gasteiger partial charge < -0.3 is 29.4 Å². The van der Waals surface area contributed by atoms with Crippen LogP contribution in [0.1, 0.15) is 38.0 Å². The number of piperidine rings is 1. The number of aryl methyl sites for hydroxylation is 1. The molecular formula is C19H25ClN4O5S. The second-order valence-electron chi connectivity index (χ2n) is 6.94. The number of anilines is 1. The summed E-state index contributed by atoms with van der Waals surface area (Å²) in [6.45, 7) is 3.20. The van der Waals surface area contributed by atoms with Crippen molar-refractivity contribution < 1.29 is 23.8 Å². The smallest absolute Gasteiger partial charge is 0.350 e. The van der Waals surface area contributed by atoms with E-state index in [1.165, 1.54) is 18.4 Å². The fourth-order valence-corrected chi connectivity index (χ4v) is 4.54. The van der Waals surface area contributed by atoms with Crippen molar-refractivity contribution in [1.29, 1.82) is 0 Å². The van der Waals surface area contributed by atoms with Gasteiger partial charge in [0.15, 0.2) is 5.13 Å². The number of thiazole rings is 1. The molecule has 164 valence electrons. The van der Waals surface area contributed by atoms with Crippen molar-refractivity contribution in [3.05, 3.63) is 33.0 Å². The number of ether oxygens (including phenoxy) is 3. The van der Waals surface area contributed by atoms with Gasteiger partial charge in [-0.15, -0.1) is 0 Å². The number of H-pyrrole nitrogens is 1. The summed E-state index contributed by atoms with van der Waals surface area (Å²) in [4.78, 5) is 34.6. The lowest BCUT2D eigenvalue weighted by Crippen LogP contribution is -2.55. The van der Waals surface area contributed by atoms with Crippen LogP contribution in [-0.2, 0) is 20.8 Å². The number of carbonyl (C=O) groups excluding carboxylic acids is 2. The highest BCUT2D eigenvalue weighted by Crippen LogP contribution is 2.30. The van der Waals surface area contributed by atoms with E-state index < -0.39 is 5.97 Å². The largest absolute Gasteiger partial charge is 0.465 e. The van der Waals surface area contributed by atoms with Crippen LogP contribution in [0, 0.1) is 6.92 Å². The third-order valence-corrected chi connectivity index (χ3v) is 6.51. The fourth-order valence-electron chi connectivity index (χ4n) is 3.36. The highest BCUT2D eigenvalue weighted by Gasteiger charge is 2.33. The molecule has 2 aromatic rings. The molecule has 30 heavy (non-hydrogen) atoms. The second-order valence-corrected chi connectivity index (χ2v) is 8.33. The van der Waals surface area contributed by atoms with E-state index in [0.717, 1.165) is 5.69 Å². The van der Waals surface area contributed by atoms with Gasteiger partial charge in [-0.2, -0.15) is 0 Å². The highest BCUT2D eigenvalue weighted by atomic mass is 35.5. The molecule has 9 nitrogen and oxygen atoms in total. The lowest BCUT2D eigenvalue weighted by molar-refractivity contribution is 0.0540. The second kappa shape index (κ2) is 9.78. The third kappa shape index (κ3) is 4.77. The summed E-state index contributed by atoms with van der Waals surface area (Å²) in [7, 11) is 4.50. The number of hydrogen-bond donors (Lipinski definition) is 2. The number of amides is 1. The SMILES string of the molecule is COCc1nc(N2CC[C@@H](NC(=O)c3cc(Cl)c(C)[nH]3)[C@@H](OC)C2)sc1C(=O)OC. The van der Waals surface area contributed by atoms with Crippen LogP contribution in [0.5, 0.6) is 0 Å². The summed E-state index contributed by atoms with van der Waals surface area (Å²) in [5.41, 5.74) is 1.71. The number of hydrogen-bond acceptors (Lipinski definition) is 8. The average Bonchev–Trinajstić information content (AvgIpc) is 3.31. The fraction of sp³-hybridized carbons (Fsp3) is 0.526. The highest BCUT2D eigenvalue weighted by molar-refractivity contribution is 7.17. The van der Waals surface area contributed by atoms with Crippen LogP contribution in [-0.4, -0.2) is 68.4 Å². The minimum atomic E-state index is -0.434. The van der Waals surface area contributed by atoms with Crippen LogP contribution in [0.3, 0.4) is 0 Å². The molecule has 0 bridgehead atoms. The summed E-state index contributed by atoms with van der Waals surface area (Å²) in [5, 5.41) is 4.24. The van der Waals surface area contributed by atoms with Crippen molar-refractivity contribution in [2.75, 3.05) is 39.3 Å². The van der Waals surface area contributed by atoms with Crippen LogP contribution in [0.2, 0.25) is 5.02 Å². The molecule has 0 spiro atoms. The van der Waals surface area contributed by atoms with E-state index >= 15 is 0 Å². The molecule has 1 saturated heterocycles. The predicted octanol–water partition coefficient (Wildman–Crippen LogP) is 2.39. The summed E-state index contributed by atoms with van der Waals surface area (Å²) < 4.78 is 15.6. The maximum Gasteiger partial charge on any atom is 0.350 e. The van der Waals surface area contributed by atoms with E-state index in [2.05, 4.69) is 15.3 Å². The number of nitrogens with zero attached hydrogens (tertiary/aromatic N) is 2. The van der Waals surface area contributed by atoms with Crippen molar-refractivity contribution in [1.82, 2.24) is 15.3 Å². The molecule has 0 aliphatic carbocycles. The van der Waals surface area contributed by atoms with Gasteiger partial charge in [0, 0.05) is 33.0 Å². The van der Waals surface area contributed by atoms with Crippen molar-refractivity contribution in [3.63, 3.8) is 0 Å². The molecule has 0 aromatic carbocycles. The lowest BCUT2D eigenvalue weighted by Gasteiger charge is -2.37. The Labute approximate surface area is 183 Å². The van der Waals surface area contributed by atoms with Gasteiger partial charge in [-0.1, -0.05) is 22.9 Å². The summed E-state index contributed by atoms with van der Waals surface area (Å²) >= 11 is 7.30. The molecule has 0 radical (unpaired) electrons. The van der Waals surface area contributed by atoms with E-state index in [1.54, 1.807) is 20.3 Å². The zero-order valence-corrected chi connectivity index (χ0v) is 18.9. The Hall–Kier alpha value is -2.14. The molecule has 1 fully saturated rings. The average molecular weight is 457 g/mol. The standard InChI is InChI=1S/C19H25ClN4O5S/c1-10-11(20)7-13(21-10)17(25)22-12-5-6-24(8-15(12)28-3)19-23-14(9-27-2)16(30-19)18(26)29-4/h7,12,15,21H,5-6,8-9H2,1-4H3,(H,22,25)/t12-,15+/m1/s1.